The molecule has 2 aromatic rings. The van der Waals surface area contributed by atoms with Gasteiger partial charge < -0.3 is 5.43 Å². The lowest BCUT2D eigenvalue weighted by Crippen LogP contribution is -2.28. The van der Waals surface area contributed by atoms with E-state index in [0.29, 0.717) is 5.69 Å². The number of hydrogen-bond acceptors (Lipinski definition) is 5. The van der Waals surface area contributed by atoms with E-state index in [4.69, 9.17) is 5.84 Å². The fourth-order valence-electron chi connectivity index (χ4n) is 1.82. The maximum Gasteiger partial charge on any atom is 0.244 e. The molecule has 0 spiro atoms. The Morgan fingerprint density at radius 1 is 1.20 bits per heavy atom. The Kier molecular flexibility index (Phi) is 4.33. The molecule has 0 aliphatic heterocycles. The number of anilines is 1. The van der Waals surface area contributed by atoms with Gasteiger partial charge in [0.1, 0.15) is 4.90 Å². The molecule has 0 radical (unpaired) electrons. The SMILES string of the molecule is CC(NS(=O)(=O)c1cnccc1NN)c1ccccc1. The quantitative estimate of drug-likeness (QED) is 0.572. The highest BCUT2D eigenvalue weighted by atomic mass is 32.2. The van der Waals surface area contributed by atoms with Crippen molar-refractivity contribution < 1.29 is 8.42 Å². The Labute approximate surface area is 118 Å². The topological polar surface area (TPSA) is 97.1 Å². The number of nitrogens with one attached hydrogen (secondary N) is 2. The molecule has 0 saturated carbocycles. The third kappa shape index (κ3) is 3.13. The number of pyridine rings is 1. The van der Waals surface area contributed by atoms with Gasteiger partial charge in [-0.2, -0.15) is 0 Å². The maximum atomic E-state index is 12.3. The zero-order chi connectivity index (χ0) is 14.6. The largest absolute Gasteiger partial charge is 0.323 e. The standard InChI is InChI=1S/C13H16N4O2S/c1-10(11-5-3-2-4-6-11)17-20(18,19)13-9-15-8-7-12(13)16-14/h2-10,17H,14H2,1H3,(H,15,16). The highest BCUT2D eigenvalue weighted by molar-refractivity contribution is 7.89. The first-order valence-corrected chi connectivity index (χ1v) is 7.51. The number of benzene rings is 1. The number of nitrogens with zero attached hydrogens (tertiary/aromatic N) is 1. The van der Waals surface area contributed by atoms with Crippen LogP contribution in [0.3, 0.4) is 0 Å². The summed E-state index contributed by atoms with van der Waals surface area (Å²) in [5.74, 6) is 5.32. The predicted octanol–water partition coefficient (Wildman–Crippen LogP) is 1.41. The molecule has 0 saturated heterocycles. The number of nitrogens with two attached hydrogens (primary N) is 1. The zero-order valence-electron chi connectivity index (χ0n) is 10.9. The van der Waals surface area contributed by atoms with Crippen molar-refractivity contribution >= 4 is 15.7 Å². The molecule has 1 atom stereocenters. The highest BCUT2D eigenvalue weighted by Gasteiger charge is 2.21. The minimum absolute atomic E-state index is 0.0188. The summed E-state index contributed by atoms with van der Waals surface area (Å²) < 4.78 is 27.3. The molecule has 20 heavy (non-hydrogen) atoms. The van der Waals surface area contributed by atoms with E-state index in [-0.39, 0.29) is 10.9 Å². The summed E-state index contributed by atoms with van der Waals surface area (Å²) in [5, 5.41) is 0. The summed E-state index contributed by atoms with van der Waals surface area (Å²) in [6, 6.07) is 10.5. The number of rotatable bonds is 5. The van der Waals surface area contributed by atoms with Crippen molar-refractivity contribution in [2.75, 3.05) is 5.43 Å². The summed E-state index contributed by atoms with van der Waals surface area (Å²) >= 11 is 0. The molecule has 0 aliphatic carbocycles. The second kappa shape index (κ2) is 6.00. The molecule has 6 nitrogen and oxygen atoms in total. The Hall–Kier alpha value is -1.96. The molecule has 1 aromatic heterocycles. The summed E-state index contributed by atoms with van der Waals surface area (Å²) in [6.45, 7) is 1.78. The van der Waals surface area contributed by atoms with Crippen LogP contribution in [0.2, 0.25) is 0 Å². The number of aromatic nitrogens is 1. The van der Waals surface area contributed by atoms with Gasteiger partial charge in [-0.15, -0.1) is 0 Å². The molecule has 1 unspecified atom stereocenters. The second-order valence-corrected chi connectivity index (χ2v) is 5.95. The van der Waals surface area contributed by atoms with Crippen molar-refractivity contribution in [2.45, 2.75) is 17.9 Å². The number of hydrogen-bond donors (Lipinski definition) is 3. The van der Waals surface area contributed by atoms with Gasteiger partial charge in [-0.1, -0.05) is 30.3 Å². The van der Waals surface area contributed by atoms with Crippen LogP contribution in [-0.2, 0) is 10.0 Å². The van der Waals surface area contributed by atoms with Gasteiger partial charge in [0, 0.05) is 18.4 Å². The maximum absolute atomic E-state index is 12.3. The van der Waals surface area contributed by atoms with E-state index in [9.17, 15) is 8.42 Å². The average Bonchev–Trinajstić information content (AvgIpc) is 2.47. The fraction of sp³-hybridized carbons (Fsp3) is 0.154. The summed E-state index contributed by atoms with van der Waals surface area (Å²) in [6.07, 6.45) is 2.73. The highest BCUT2D eigenvalue weighted by Crippen LogP contribution is 2.21. The minimum Gasteiger partial charge on any atom is -0.323 e. The van der Waals surface area contributed by atoms with Crippen molar-refractivity contribution in [2.24, 2.45) is 5.84 Å². The first-order valence-electron chi connectivity index (χ1n) is 6.02. The fourth-order valence-corrected chi connectivity index (χ4v) is 3.16. The minimum atomic E-state index is -3.71. The Bertz CT molecular complexity index is 674. The molecule has 106 valence electrons. The van der Waals surface area contributed by atoms with E-state index in [1.54, 1.807) is 6.92 Å². The first-order chi connectivity index (χ1) is 9.54. The van der Waals surface area contributed by atoms with Gasteiger partial charge in [0.05, 0.1) is 5.69 Å². The summed E-state index contributed by atoms with van der Waals surface area (Å²) in [5.41, 5.74) is 3.53. The van der Waals surface area contributed by atoms with E-state index in [1.165, 1.54) is 18.5 Å². The molecule has 1 heterocycles. The number of nitrogen functional groups attached to an aromatic ring is 1. The molecule has 0 amide bonds. The summed E-state index contributed by atoms with van der Waals surface area (Å²) in [7, 11) is -3.71. The van der Waals surface area contributed by atoms with Crippen LogP contribution in [0.4, 0.5) is 5.69 Å². The third-order valence-corrected chi connectivity index (χ3v) is 4.43. The second-order valence-electron chi connectivity index (χ2n) is 4.27. The van der Waals surface area contributed by atoms with E-state index in [1.807, 2.05) is 30.3 Å². The Balaban J connectivity index is 2.28. The summed E-state index contributed by atoms with van der Waals surface area (Å²) in [4.78, 5) is 3.84. The van der Waals surface area contributed by atoms with Crippen LogP contribution < -0.4 is 16.0 Å². The van der Waals surface area contributed by atoms with Crippen LogP contribution in [0.25, 0.3) is 0 Å². The lowest BCUT2D eigenvalue weighted by molar-refractivity contribution is 0.567. The number of hydrazine groups is 1. The van der Waals surface area contributed by atoms with Gasteiger partial charge in [0.2, 0.25) is 10.0 Å². The van der Waals surface area contributed by atoms with Crippen molar-refractivity contribution in [3.63, 3.8) is 0 Å². The van der Waals surface area contributed by atoms with Crippen LogP contribution in [0, 0.1) is 0 Å². The van der Waals surface area contributed by atoms with Gasteiger partial charge in [-0.25, -0.2) is 13.1 Å². The van der Waals surface area contributed by atoms with E-state index in [2.05, 4.69) is 15.1 Å². The molecule has 0 aliphatic rings. The zero-order valence-corrected chi connectivity index (χ0v) is 11.8. The van der Waals surface area contributed by atoms with Crippen LogP contribution in [-0.4, -0.2) is 13.4 Å². The molecule has 4 N–H and O–H groups in total. The van der Waals surface area contributed by atoms with Crippen molar-refractivity contribution in [3.8, 4) is 0 Å². The van der Waals surface area contributed by atoms with Crippen molar-refractivity contribution in [1.82, 2.24) is 9.71 Å². The predicted molar refractivity (Wildman–Crippen MR) is 77.2 cm³/mol. The molecule has 0 bridgehead atoms. The van der Waals surface area contributed by atoms with Crippen LogP contribution >= 0.6 is 0 Å². The van der Waals surface area contributed by atoms with E-state index >= 15 is 0 Å². The lowest BCUT2D eigenvalue weighted by Gasteiger charge is -2.16. The normalized spacial score (nSPS) is 12.9. The molecule has 0 fully saturated rings. The van der Waals surface area contributed by atoms with Gasteiger partial charge in [0.25, 0.3) is 0 Å². The van der Waals surface area contributed by atoms with Gasteiger partial charge in [-0.3, -0.25) is 10.8 Å². The lowest BCUT2D eigenvalue weighted by atomic mass is 10.1. The molecule has 1 aromatic carbocycles. The molecular formula is C13H16N4O2S. The van der Waals surface area contributed by atoms with Crippen LogP contribution in [0.1, 0.15) is 18.5 Å². The van der Waals surface area contributed by atoms with E-state index in [0.717, 1.165) is 5.56 Å². The van der Waals surface area contributed by atoms with Gasteiger partial charge in [-0.05, 0) is 18.6 Å². The van der Waals surface area contributed by atoms with Crippen molar-refractivity contribution in [3.05, 3.63) is 54.4 Å². The van der Waals surface area contributed by atoms with Crippen molar-refractivity contribution in [1.29, 1.82) is 0 Å². The Morgan fingerprint density at radius 3 is 2.55 bits per heavy atom. The molecule has 7 heteroatoms. The number of sulfonamides is 1. The third-order valence-electron chi connectivity index (χ3n) is 2.86. The molecular weight excluding hydrogens is 276 g/mol. The van der Waals surface area contributed by atoms with Crippen LogP contribution in [0.15, 0.2) is 53.7 Å². The van der Waals surface area contributed by atoms with Gasteiger partial charge >= 0.3 is 0 Å². The van der Waals surface area contributed by atoms with Crippen LogP contribution in [0.5, 0.6) is 0 Å². The molecule has 2 rings (SSSR count). The van der Waals surface area contributed by atoms with E-state index < -0.39 is 10.0 Å². The monoisotopic (exact) mass is 292 g/mol. The Morgan fingerprint density at radius 2 is 1.90 bits per heavy atom. The van der Waals surface area contributed by atoms with Gasteiger partial charge in [0.15, 0.2) is 0 Å². The average molecular weight is 292 g/mol. The first kappa shape index (κ1) is 14.4. The smallest absolute Gasteiger partial charge is 0.244 e.